The lowest BCUT2D eigenvalue weighted by molar-refractivity contribution is 0.102. The lowest BCUT2D eigenvalue weighted by Gasteiger charge is -2.29. The number of ether oxygens (including phenoxy) is 3. The van der Waals surface area contributed by atoms with Crippen molar-refractivity contribution in [3.8, 4) is 5.88 Å². The van der Waals surface area contributed by atoms with Crippen molar-refractivity contribution >= 4 is 17.5 Å². The molecule has 2 aliphatic rings. The summed E-state index contributed by atoms with van der Waals surface area (Å²) in [6.45, 7) is 2.85. The molecule has 2 aliphatic heterocycles. The van der Waals surface area contributed by atoms with E-state index in [2.05, 4.69) is 9.68 Å². The highest BCUT2D eigenvalue weighted by Gasteiger charge is 2.33. The van der Waals surface area contributed by atoms with Gasteiger partial charge in [-0.25, -0.2) is 9.18 Å². The van der Waals surface area contributed by atoms with Crippen LogP contribution in [-0.4, -0.2) is 56.8 Å². The first-order valence-corrected chi connectivity index (χ1v) is 8.34. The number of rotatable bonds is 5. The summed E-state index contributed by atoms with van der Waals surface area (Å²) in [5, 5.41) is 3.62. The van der Waals surface area contributed by atoms with Crippen LogP contribution in [0.3, 0.4) is 0 Å². The first kappa shape index (κ1) is 16.6. The van der Waals surface area contributed by atoms with Gasteiger partial charge in [0, 0.05) is 19.2 Å². The van der Waals surface area contributed by atoms with E-state index in [1.807, 2.05) is 4.90 Å². The van der Waals surface area contributed by atoms with Crippen molar-refractivity contribution in [1.29, 1.82) is 0 Å². The molecule has 3 heterocycles. The predicted octanol–water partition coefficient (Wildman–Crippen LogP) is 2.05. The van der Waals surface area contributed by atoms with Gasteiger partial charge in [0.05, 0.1) is 31.1 Å². The fourth-order valence-corrected chi connectivity index (χ4v) is 3.00. The third-order valence-electron chi connectivity index (χ3n) is 4.30. The summed E-state index contributed by atoms with van der Waals surface area (Å²) in [5.41, 5.74) is 0.962. The molecule has 4 rings (SSSR count). The van der Waals surface area contributed by atoms with E-state index >= 15 is 0 Å². The molecule has 0 saturated carbocycles. The second-order valence-corrected chi connectivity index (χ2v) is 6.00. The van der Waals surface area contributed by atoms with Gasteiger partial charge in [0.1, 0.15) is 18.7 Å². The van der Waals surface area contributed by atoms with E-state index in [-0.39, 0.29) is 19.0 Å². The number of nitrogens with zero attached hydrogens (tertiary/aromatic N) is 3. The van der Waals surface area contributed by atoms with Gasteiger partial charge in [-0.1, -0.05) is 0 Å². The van der Waals surface area contributed by atoms with Gasteiger partial charge in [0.15, 0.2) is 6.10 Å². The van der Waals surface area contributed by atoms with Crippen molar-refractivity contribution in [2.24, 2.45) is 0 Å². The number of benzene rings is 1. The average molecular weight is 363 g/mol. The first-order valence-electron chi connectivity index (χ1n) is 8.34. The molecular formula is C17H18FN3O5. The molecule has 2 aromatic rings. The van der Waals surface area contributed by atoms with Gasteiger partial charge in [-0.15, -0.1) is 0 Å². The molecule has 0 aliphatic carbocycles. The van der Waals surface area contributed by atoms with E-state index in [1.165, 1.54) is 17.2 Å². The Morgan fingerprint density at radius 1 is 1.27 bits per heavy atom. The standard InChI is InChI=1S/C17H18FN3O5/c18-14-9-12(1-2-15(14)20-4-7-23-8-5-20)21-10-13(26-17(21)22)11-24-16-3-6-25-19-16/h1-3,6,9,13H,4-5,7-8,10-11H2. The topological polar surface area (TPSA) is 77.3 Å². The van der Waals surface area contributed by atoms with Crippen LogP contribution in [0.25, 0.3) is 0 Å². The molecule has 2 saturated heterocycles. The van der Waals surface area contributed by atoms with Crippen LogP contribution >= 0.6 is 0 Å². The van der Waals surface area contributed by atoms with Gasteiger partial charge in [-0.2, -0.15) is 0 Å². The van der Waals surface area contributed by atoms with Crippen LogP contribution in [0, 0.1) is 5.82 Å². The normalized spacial score (nSPS) is 20.3. The Labute approximate surface area is 149 Å². The third kappa shape index (κ3) is 3.43. The zero-order chi connectivity index (χ0) is 17.9. The summed E-state index contributed by atoms with van der Waals surface area (Å²) >= 11 is 0. The van der Waals surface area contributed by atoms with Gasteiger partial charge < -0.3 is 23.6 Å². The second kappa shape index (κ2) is 7.20. The van der Waals surface area contributed by atoms with Crippen molar-refractivity contribution in [2.75, 3.05) is 49.3 Å². The molecule has 0 spiro atoms. The first-order chi connectivity index (χ1) is 12.7. The molecule has 138 valence electrons. The molecule has 1 aromatic heterocycles. The molecule has 0 N–H and O–H groups in total. The number of hydrogen-bond donors (Lipinski definition) is 0. The van der Waals surface area contributed by atoms with E-state index in [4.69, 9.17) is 14.2 Å². The van der Waals surface area contributed by atoms with Gasteiger partial charge in [-0.05, 0) is 23.4 Å². The van der Waals surface area contributed by atoms with Crippen LogP contribution in [-0.2, 0) is 9.47 Å². The van der Waals surface area contributed by atoms with Gasteiger partial charge >= 0.3 is 6.09 Å². The quantitative estimate of drug-likeness (QED) is 0.805. The Balaban J connectivity index is 1.41. The second-order valence-electron chi connectivity index (χ2n) is 6.00. The lowest BCUT2D eigenvalue weighted by Crippen LogP contribution is -2.36. The molecule has 1 amide bonds. The van der Waals surface area contributed by atoms with E-state index < -0.39 is 12.2 Å². The summed E-state index contributed by atoms with van der Waals surface area (Å²) in [7, 11) is 0. The van der Waals surface area contributed by atoms with E-state index in [0.717, 1.165) is 0 Å². The number of cyclic esters (lactones) is 1. The Morgan fingerprint density at radius 2 is 2.12 bits per heavy atom. The number of carbonyl (C=O) groups excluding carboxylic acids is 1. The van der Waals surface area contributed by atoms with Crippen LogP contribution in [0.1, 0.15) is 0 Å². The van der Waals surface area contributed by atoms with Gasteiger partial charge in [0.2, 0.25) is 0 Å². The molecular weight excluding hydrogens is 345 g/mol. The minimum Gasteiger partial charge on any atom is -0.471 e. The molecule has 8 nitrogen and oxygen atoms in total. The molecule has 2 fully saturated rings. The van der Waals surface area contributed by atoms with E-state index in [1.54, 1.807) is 18.2 Å². The SMILES string of the molecule is O=C1OC(COc2ccon2)CN1c1ccc(N2CCOCC2)c(F)c1. The average Bonchev–Trinajstić information content (AvgIpc) is 3.30. The zero-order valence-electron chi connectivity index (χ0n) is 14.0. The van der Waals surface area contributed by atoms with Crippen molar-refractivity contribution in [3.05, 3.63) is 36.3 Å². The van der Waals surface area contributed by atoms with Crippen molar-refractivity contribution in [1.82, 2.24) is 5.16 Å². The fourth-order valence-electron chi connectivity index (χ4n) is 3.00. The number of anilines is 2. The Kier molecular flexibility index (Phi) is 4.61. The number of amides is 1. The zero-order valence-corrected chi connectivity index (χ0v) is 14.0. The van der Waals surface area contributed by atoms with E-state index in [0.29, 0.717) is 43.6 Å². The molecule has 1 atom stereocenters. The maximum Gasteiger partial charge on any atom is 0.414 e. The monoisotopic (exact) mass is 363 g/mol. The minimum absolute atomic E-state index is 0.142. The van der Waals surface area contributed by atoms with Crippen molar-refractivity contribution < 1.29 is 27.9 Å². The van der Waals surface area contributed by atoms with Crippen LogP contribution in [0.4, 0.5) is 20.6 Å². The van der Waals surface area contributed by atoms with Gasteiger partial charge in [-0.3, -0.25) is 4.90 Å². The maximum atomic E-state index is 14.5. The molecule has 1 aromatic carbocycles. The minimum atomic E-state index is -0.530. The van der Waals surface area contributed by atoms with Crippen molar-refractivity contribution in [3.63, 3.8) is 0 Å². The molecule has 9 heteroatoms. The summed E-state index contributed by atoms with van der Waals surface area (Å²) in [5.74, 6) is -0.0556. The highest BCUT2D eigenvalue weighted by Crippen LogP contribution is 2.28. The lowest BCUT2D eigenvalue weighted by atomic mass is 10.2. The smallest absolute Gasteiger partial charge is 0.414 e. The molecule has 1 unspecified atom stereocenters. The Hall–Kier alpha value is -2.81. The maximum absolute atomic E-state index is 14.5. The molecule has 0 bridgehead atoms. The summed E-state index contributed by atoms with van der Waals surface area (Å²) in [6.07, 6.45) is 0.389. The third-order valence-corrected chi connectivity index (χ3v) is 4.30. The van der Waals surface area contributed by atoms with Crippen LogP contribution in [0.2, 0.25) is 0 Å². The highest BCUT2D eigenvalue weighted by atomic mass is 19.1. The predicted molar refractivity (Wildman–Crippen MR) is 89.0 cm³/mol. The summed E-state index contributed by atoms with van der Waals surface area (Å²) < 4.78 is 35.1. The van der Waals surface area contributed by atoms with Crippen LogP contribution < -0.4 is 14.5 Å². The molecule has 0 radical (unpaired) electrons. The Morgan fingerprint density at radius 3 is 2.85 bits per heavy atom. The highest BCUT2D eigenvalue weighted by molar-refractivity contribution is 5.90. The largest absolute Gasteiger partial charge is 0.471 e. The van der Waals surface area contributed by atoms with Crippen LogP contribution in [0.5, 0.6) is 5.88 Å². The number of halogens is 1. The number of hydrogen-bond acceptors (Lipinski definition) is 7. The molecule has 26 heavy (non-hydrogen) atoms. The number of carbonyl (C=O) groups is 1. The fraction of sp³-hybridized carbons (Fsp3) is 0.412. The van der Waals surface area contributed by atoms with E-state index in [9.17, 15) is 9.18 Å². The Bertz CT molecular complexity index is 764. The van der Waals surface area contributed by atoms with Gasteiger partial charge in [0.25, 0.3) is 5.88 Å². The summed E-state index contributed by atoms with van der Waals surface area (Å²) in [4.78, 5) is 15.4. The summed E-state index contributed by atoms with van der Waals surface area (Å²) in [6, 6.07) is 6.32. The van der Waals surface area contributed by atoms with Crippen molar-refractivity contribution in [2.45, 2.75) is 6.10 Å². The van der Waals surface area contributed by atoms with Crippen LogP contribution in [0.15, 0.2) is 35.1 Å². The number of morpholine rings is 1. The number of aromatic nitrogens is 1.